The third kappa shape index (κ3) is 3.01. The van der Waals surface area contributed by atoms with Crippen LogP contribution < -0.4 is 5.32 Å². The van der Waals surface area contributed by atoms with Crippen LogP contribution in [0.1, 0.15) is 32.2 Å². The maximum Gasteiger partial charge on any atom is 0.249 e. The van der Waals surface area contributed by atoms with Gasteiger partial charge in [0, 0.05) is 0 Å². The highest BCUT2D eigenvalue weighted by Gasteiger charge is 2.19. The van der Waals surface area contributed by atoms with Crippen LogP contribution in [0.5, 0.6) is 0 Å². The van der Waals surface area contributed by atoms with Crippen molar-refractivity contribution in [1.82, 2.24) is 15.5 Å². The lowest BCUT2D eigenvalue weighted by atomic mass is 10.2. The van der Waals surface area contributed by atoms with Crippen molar-refractivity contribution in [1.29, 1.82) is 0 Å². The average Bonchev–Trinajstić information content (AvgIpc) is 2.92. The highest BCUT2D eigenvalue weighted by atomic mass is 79.9. The van der Waals surface area contributed by atoms with Gasteiger partial charge in [0.05, 0.1) is 19.2 Å². The van der Waals surface area contributed by atoms with Crippen molar-refractivity contribution in [2.24, 2.45) is 0 Å². The number of aromatic nitrogens is 2. The molecule has 7 heteroatoms. The molecule has 2 heterocycles. The van der Waals surface area contributed by atoms with Crippen molar-refractivity contribution >= 4 is 43.2 Å². The summed E-state index contributed by atoms with van der Waals surface area (Å²) >= 11 is 8.52. The minimum Gasteiger partial charge on any atom is -0.419 e. The fraction of sp³-hybridized carbons (Fsp3) is 0.455. The van der Waals surface area contributed by atoms with Crippen molar-refractivity contribution in [2.75, 3.05) is 6.54 Å². The summed E-state index contributed by atoms with van der Waals surface area (Å²) in [6.07, 6.45) is 0.921. The second-order valence-corrected chi connectivity index (χ2v) is 7.45. The summed E-state index contributed by atoms with van der Waals surface area (Å²) < 4.78 is 7.76. The number of hydrogen-bond donors (Lipinski definition) is 1. The fourth-order valence-corrected chi connectivity index (χ4v) is 4.40. The molecule has 4 nitrogen and oxygen atoms in total. The third-order valence-electron chi connectivity index (χ3n) is 2.48. The Hall–Kier alpha value is -0.240. The summed E-state index contributed by atoms with van der Waals surface area (Å²) in [7, 11) is 0. The van der Waals surface area contributed by atoms with Crippen LogP contribution in [0.25, 0.3) is 11.5 Å². The van der Waals surface area contributed by atoms with E-state index in [0.717, 1.165) is 26.1 Å². The molecule has 1 unspecified atom stereocenters. The van der Waals surface area contributed by atoms with E-state index in [1.807, 2.05) is 6.07 Å². The maximum absolute atomic E-state index is 5.74. The van der Waals surface area contributed by atoms with Crippen LogP contribution in [0.15, 0.2) is 18.1 Å². The van der Waals surface area contributed by atoms with Gasteiger partial charge in [0.15, 0.2) is 0 Å². The summed E-state index contributed by atoms with van der Waals surface area (Å²) in [5.74, 6) is 1.19. The van der Waals surface area contributed by atoms with Gasteiger partial charge in [0.25, 0.3) is 0 Å². The average molecular weight is 395 g/mol. The predicted molar refractivity (Wildman–Crippen MR) is 79.7 cm³/mol. The number of hydrogen-bond acceptors (Lipinski definition) is 5. The van der Waals surface area contributed by atoms with E-state index in [0.29, 0.717) is 11.8 Å². The van der Waals surface area contributed by atoms with Gasteiger partial charge < -0.3 is 9.73 Å². The van der Waals surface area contributed by atoms with Crippen LogP contribution in [0.2, 0.25) is 0 Å². The first-order valence-electron chi connectivity index (χ1n) is 5.67. The Labute approximate surface area is 126 Å². The van der Waals surface area contributed by atoms with Crippen LogP contribution in [0.4, 0.5) is 0 Å². The summed E-state index contributed by atoms with van der Waals surface area (Å²) in [6, 6.07) is 2.09. The van der Waals surface area contributed by atoms with Gasteiger partial charge in [-0.05, 0) is 50.9 Å². The topological polar surface area (TPSA) is 51.0 Å². The minimum atomic E-state index is 0.122. The monoisotopic (exact) mass is 393 g/mol. The zero-order chi connectivity index (χ0) is 13.1. The molecule has 98 valence electrons. The lowest BCUT2D eigenvalue weighted by molar-refractivity contribution is 0.402. The van der Waals surface area contributed by atoms with Gasteiger partial charge in [0.2, 0.25) is 11.8 Å². The number of thiophene rings is 1. The number of nitrogens with zero attached hydrogens (tertiary/aromatic N) is 2. The molecule has 1 atom stereocenters. The summed E-state index contributed by atoms with van der Waals surface area (Å²) in [5.41, 5.74) is 0.928. The Morgan fingerprint density at radius 1 is 1.39 bits per heavy atom. The number of rotatable bonds is 5. The molecule has 0 spiro atoms. The van der Waals surface area contributed by atoms with E-state index >= 15 is 0 Å². The second-order valence-electron chi connectivity index (χ2n) is 3.70. The van der Waals surface area contributed by atoms with Crippen molar-refractivity contribution in [3.05, 3.63) is 19.5 Å². The number of nitrogens with one attached hydrogen (secondary N) is 1. The lowest BCUT2D eigenvalue weighted by Gasteiger charge is -2.09. The molecular formula is C11H13Br2N3OS. The molecule has 2 aromatic heterocycles. The van der Waals surface area contributed by atoms with E-state index in [9.17, 15) is 0 Å². The van der Waals surface area contributed by atoms with Crippen molar-refractivity contribution < 1.29 is 4.42 Å². The van der Waals surface area contributed by atoms with Crippen molar-refractivity contribution in [3.8, 4) is 11.5 Å². The van der Waals surface area contributed by atoms with E-state index in [1.54, 1.807) is 11.3 Å². The molecule has 2 aromatic rings. The third-order valence-corrected chi connectivity index (χ3v) is 4.82. The van der Waals surface area contributed by atoms with Crippen LogP contribution in [0.3, 0.4) is 0 Å². The van der Waals surface area contributed by atoms with E-state index in [4.69, 9.17) is 4.42 Å². The Balaban J connectivity index is 2.27. The first kappa shape index (κ1) is 14.2. The molecule has 0 fully saturated rings. The SMILES string of the molecule is CCNC(CC)c1nnc(-c2cc(Br)sc2Br)o1. The van der Waals surface area contributed by atoms with Gasteiger partial charge in [-0.2, -0.15) is 0 Å². The van der Waals surface area contributed by atoms with E-state index < -0.39 is 0 Å². The van der Waals surface area contributed by atoms with Crippen LogP contribution in [-0.4, -0.2) is 16.7 Å². The molecular weight excluding hydrogens is 382 g/mol. The van der Waals surface area contributed by atoms with Gasteiger partial charge in [-0.3, -0.25) is 0 Å². The van der Waals surface area contributed by atoms with Gasteiger partial charge in [0.1, 0.15) is 0 Å². The normalized spacial score (nSPS) is 12.9. The van der Waals surface area contributed by atoms with Crippen LogP contribution >= 0.6 is 43.2 Å². The Bertz CT molecular complexity index is 526. The molecule has 0 saturated carbocycles. The molecule has 1 N–H and O–H groups in total. The smallest absolute Gasteiger partial charge is 0.249 e. The molecule has 2 rings (SSSR count). The summed E-state index contributed by atoms with van der Waals surface area (Å²) in [6.45, 7) is 5.03. The number of halogens is 2. The quantitative estimate of drug-likeness (QED) is 0.817. The lowest BCUT2D eigenvalue weighted by Crippen LogP contribution is -2.20. The second kappa shape index (κ2) is 6.27. The standard InChI is InChI=1S/C11H13Br2N3OS/c1-3-7(14-4-2)11-16-15-10(17-11)6-5-8(12)18-9(6)13/h5,7,14H,3-4H2,1-2H3. The highest BCUT2D eigenvalue weighted by Crippen LogP contribution is 2.38. The van der Waals surface area contributed by atoms with Crippen LogP contribution in [0, 0.1) is 0 Å². The first-order valence-corrected chi connectivity index (χ1v) is 8.07. The minimum absolute atomic E-state index is 0.122. The Morgan fingerprint density at radius 3 is 2.72 bits per heavy atom. The van der Waals surface area contributed by atoms with Gasteiger partial charge in [-0.1, -0.05) is 13.8 Å². The molecule has 0 aliphatic rings. The summed E-state index contributed by atoms with van der Waals surface area (Å²) in [4.78, 5) is 0. The largest absolute Gasteiger partial charge is 0.419 e. The van der Waals surface area contributed by atoms with Gasteiger partial charge in [-0.25, -0.2) is 0 Å². The van der Waals surface area contributed by atoms with Crippen molar-refractivity contribution in [3.63, 3.8) is 0 Å². The van der Waals surface area contributed by atoms with E-state index in [1.165, 1.54) is 0 Å². The molecule has 0 saturated heterocycles. The molecule has 0 aromatic carbocycles. The molecule has 0 amide bonds. The zero-order valence-corrected chi connectivity index (χ0v) is 14.0. The zero-order valence-electron chi connectivity index (χ0n) is 10.0. The Kier molecular flexibility index (Phi) is 4.94. The molecule has 0 radical (unpaired) electrons. The van der Waals surface area contributed by atoms with Crippen LogP contribution in [-0.2, 0) is 0 Å². The highest BCUT2D eigenvalue weighted by molar-refractivity contribution is 9.12. The first-order chi connectivity index (χ1) is 8.65. The Morgan fingerprint density at radius 2 is 2.17 bits per heavy atom. The van der Waals surface area contributed by atoms with E-state index in [2.05, 4.69) is 61.2 Å². The molecule has 0 aliphatic heterocycles. The predicted octanol–water partition coefficient (Wildman–Crippen LogP) is 4.38. The molecule has 0 bridgehead atoms. The maximum atomic E-state index is 5.74. The van der Waals surface area contributed by atoms with Gasteiger partial charge in [-0.15, -0.1) is 21.5 Å². The van der Waals surface area contributed by atoms with E-state index in [-0.39, 0.29) is 6.04 Å². The molecule has 18 heavy (non-hydrogen) atoms. The van der Waals surface area contributed by atoms with Crippen molar-refractivity contribution in [2.45, 2.75) is 26.3 Å². The summed E-state index contributed by atoms with van der Waals surface area (Å²) in [5, 5.41) is 11.6. The fourth-order valence-electron chi connectivity index (χ4n) is 1.62. The molecule has 0 aliphatic carbocycles. The van der Waals surface area contributed by atoms with Gasteiger partial charge >= 0.3 is 0 Å².